The second kappa shape index (κ2) is 5.46. The monoisotopic (exact) mass is 302 g/mol. The Labute approximate surface area is 125 Å². The van der Waals surface area contributed by atoms with Gasteiger partial charge in [0.15, 0.2) is 0 Å². The van der Waals surface area contributed by atoms with Crippen molar-refractivity contribution >= 4 is 34.2 Å². The van der Waals surface area contributed by atoms with Crippen molar-refractivity contribution in [3.63, 3.8) is 0 Å². The van der Waals surface area contributed by atoms with Crippen LogP contribution in [0.2, 0.25) is 5.02 Å². The number of fused-ring (bicyclic) bond motifs is 1. The first-order valence-corrected chi connectivity index (χ1v) is 6.61. The summed E-state index contributed by atoms with van der Waals surface area (Å²) in [5.41, 5.74) is 1.57. The minimum absolute atomic E-state index is 0.0825. The summed E-state index contributed by atoms with van der Waals surface area (Å²) >= 11 is 6.08. The van der Waals surface area contributed by atoms with E-state index < -0.39 is 5.97 Å². The van der Waals surface area contributed by atoms with E-state index in [2.05, 4.69) is 10.3 Å². The molecule has 0 atom stereocenters. The molecule has 0 unspecified atom stereocenters. The van der Waals surface area contributed by atoms with Gasteiger partial charge in [0.1, 0.15) is 5.76 Å². The van der Waals surface area contributed by atoms with E-state index in [0.717, 1.165) is 16.6 Å². The van der Waals surface area contributed by atoms with Crippen molar-refractivity contribution < 1.29 is 14.3 Å². The predicted octanol–water partition coefficient (Wildman–Crippen LogP) is 3.79. The molecule has 0 aliphatic heterocycles. The Morgan fingerprint density at radius 1 is 1.33 bits per heavy atom. The van der Waals surface area contributed by atoms with E-state index in [1.165, 1.54) is 6.07 Å². The maximum absolute atomic E-state index is 10.8. The normalized spacial score (nSPS) is 10.7. The third kappa shape index (κ3) is 2.83. The Kier molecular flexibility index (Phi) is 3.50. The van der Waals surface area contributed by atoms with Crippen LogP contribution in [0.3, 0.4) is 0 Å². The lowest BCUT2D eigenvalue weighted by Crippen LogP contribution is -2.00. The average Bonchev–Trinajstić information content (AvgIpc) is 2.93. The lowest BCUT2D eigenvalue weighted by molar-refractivity contribution is 0.0660. The molecule has 2 heterocycles. The van der Waals surface area contributed by atoms with Gasteiger partial charge in [-0.2, -0.15) is 0 Å². The minimum atomic E-state index is -1.09. The summed E-state index contributed by atoms with van der Waals surface area (Å²) in [6.07, 6.45) is 1.71. The van der Waals surface area contributed by atoms with Gasteiger partial charge in [0.25, 0.3) is 0 Å². The number of aromatic carboxylic acids is 1. The Bertz CT molecular complexity index is 814. The number of benzene rings is 1. The summed E-state index contributed by atoms with van der Waals surface area (Å²) in [6, 6.07) is 10.4. The van der Waals surface area contributed by atoms with Gasteiger partial charge >= 0.3 is 5.97 Å². The Hall–Kier alpha value is -2.53. The van der Waals surface area contributed by atoms with Gasteiger partial charge in [-0.15, -0.1) is 0 Å². The highest BCUT2D eigenvalue weighted by Gasteiger charge is 2.10. The zero-order chi connectivity index (χ0) is 14.8. The zero-order valence-electron chi connectivity index (χ0n) is 10.8. The molecule has 6 heteroatoms. The summed E-state index contributed by atoms with van der Waals surface area (Å²) in [6.45, 7) is 0.347. The van der Waals surface area contributed by atoms with Gasteiger partial charge < -0.3 is 14.8 Å². The van der Waals surface area contributed by atoms with Gasteiger partial charge in [0.2, 0.25) is 5.76 Å². The predicted molar refractivity (Wildman–Crippen MR) is 79.7 cm³/mol. The SMILES string of the molecule is O=C(O)c1ccc(CNc2cc(Cl)cc3cccnc23)o1. The van der Waals surface area contributed by atoms with Crippen LogP contribution >= 0.6 is 11.6 Å². The number of carbonyl (C=O) groups is 1. The fourth-order valence-corrected chi connectivity index (χ4v) is 2.29. The van der Waals surface area contributed by atoms with Gasteiger partial charge in [0, 0.05) is 16.6 Å². The maximum atomic E-state index is 10.8. The molecule has 0 spiro atoms. The number of nitrogens with one attached hydrogen (secondary N) is 1. The molecule has 2 aromatic heterocycles. The van der Waals surface area contributed by atoms with Crippen LogP contribution in [0.5, 0.6) is 0 Å². The molecule has 0 amide bonds. The van der Waals surface area contributed by atoms with Crippen molar-refractivity contribution in [2.45, 2.75) is 6.54 Å². The van der Waals surface area contributed by atoms with Crippen LogP contribution in [-0.4, -0.2) is 16.1 Å². The Morgan fingerprint density at radius 3 is 2.95 bits per heavy atom. The molecule has 0 aliphatic carbocycles. The molecule has 0 radical (unpaired) electrons. The highest BCUT2D eigenvalue weighted by molar-refractivity contribution is 6.31. The van der Waals surface area contributed by atoms with E-state index in [-0.39, 0.29) is 5.76 Å². The minimum Gasteiger partial charge on any atom is -0.475 e. The number of hydrogen-bond acceptors (Lipinski definition) is 4. The largest absolute Gasteiger partial charge is 0.475 e. The van der Waals surface area contributed by atoms with Crippen molar-refractivity contribution in [1.82, 2.24) is 4.98 Å². The molecule has 0 bridgehead atoms. The fourth-order valence-electron chi connectivity index (χ4n) is 2.06. The topological polar surface area (TPSA) is 75.4 Å². The lowest BCUT2D eigenvalue weighted by atomic mass is 10.2. The molecule has 1 aromatic carbocycles. The van der Waals surface area contributed by atoms with E-state index in [1.807, 2.05) is 18.2 Å². The standard InChI is InChI=1S/C15H11ClN2O3/c16-10-6-9-2-1-5-17-14(9)12(7-10)18-8-11-3-4-13(21-11)15(19)20/h1-7,18H,8H2,(H,19,20). The van der Waals surface area contributed by atoms with Crippen LogP contribution in [0, 0.1) is 0 Å². The second-order valence-corrected chi connectivity index (χ2v) is 4.89. The van der Waals surface area contributed by atoms with Crippen molar-refractivity contribution in [2.75, 3.05) is 5.32 Å². The summed E-state index contributed by atoms with van der Waals surface area (Å²) in [5.74, 6) is -0.645. The average molecular weight is 303 g/mol. The molecule has 0 saturated heterocycles. The number of nitrogens with zero attached hydrogens (tertiary/aromatic N) is 1. The highest BCUT2D eigenvalue weighted by Crippen LogP contribution is 2.26. The molecule has 21 heavy (non-hydrogen) atoms. The summed E-state index contributed by atoms with van der Waals surface area (Å²) in [4.78, 5) is 15.1. The quantitative estimate of drug-likeness (QED) is 0.767. The Balaban J connectivity index is 1.86. The van der Waals surface area contributed by atoms with E-state index >= 15 is 0 Å². The van der Waals surface area contributed by atoms with Crippen molar-refractivity contribution in [2.24, 2.45) is 0 Å². The second-order valence-electron chi connectivity index (χ2n) is 4.45. The van der Waals surface area contributed by atoms with Crippen LogP contribution in [0.25, 0.3) is 10.9 Å². The van der Waals surface area contributed by atoms with Gasteiger partial charge in [0.05, 0.1) is 17.7 Å². The molecule has 0 fully saturated rings. The van der Waals surface area contributed by atoms with E-state index in [0.29, 0.717) is 17.3 Å². The number of anilines is 1. The molecule has 2 N–H and O–H groups in total. The number of hydrogen-bond donors (Lipinski definition) is 2. The highest BCUT2D eigenvalue weighted by atomic mass is 35.5. The number of rotatable bonds is 4. The van der Waals surface area contributed by atoms with Crippen molar-refractivity contribution in [1.29, 1.82) is 0 Å². The smallest absolute Gasteiger partial charge is 0.371 e. The molecule has 0 saturated carbocycles. The zero-order valence-corrected chi connectivity index (χ0v) is 11.6. The van der Waals surface area contributed by atoms with Gasteiger partial charge in [-0.25, -0.2) is 4.79 Å². The molecule has 106 valence electrons. The van der Waals surface area contributed by atoms with E-state index in [1.54, 1.807) is 18.3 Å². The third-order valence-corrected chi connectivity index (χ3v) is 3.21. The van der Waals surface area contributed by atoms with Crippen LogP contribution in [0.4, 0.5) is 5.69 Å². The molecule has 3 aromatic rings. The third-order valence-electron chi connectivity index (χ3n) is 3.00. The molecule has 0 aliphatic rings. The number of carboxylic acid groups (broad SMARTS) is 1. The fraction of sp³-hybridized carbons (Fsp3) is 0.0667. The lowest BCUT2D eigenvalue weighted by Gasteiger charge is -2.08. The van der Waals surface area contributed by atoms with Crippen molar-refractivity contribution in [3.05, 3.63) is 59.1 Å². The number of aromatic nitrogens is 1. The summed E-state index contributed by atoms with van der Waals surface area (Å²) in [7, 11) is 0. The van der Waals surface area contributed by atoms with Crippen LogP contribution in [-0.2, 0) is 6.54 Å². The first kappa shape index (κ1) is 13.5. The summed E-state index contributed by atoms with van der Waals surface area (Å²) < 4.78 is 5.19. The Morgan fingerprint density at radius 2 is 2.19 bits per heavy atom. The molecular weight excluding hydrogens is 292 g/mol. The van der Waals surface area contributed by atoms with Gasteiger partial charge in [-0.05, 0) is 30.3 Å². The van der Waals surface area contributed by atoms with Gasteiger partial charge in [-0.1, -0.05) is 17.7 Å². The van der Waals surface area contributed by atoms with E-state index in [4.69, 9.17) is 21.1 Å². The van der Waals surface area contributed by atoms with Crippen LogP contribution in [0.15, 0.2) is 47.0 Å². The van der Waals surface area contributed by atoms with Gasteiger partial charge in [-0.3, -0.25) is 4.98 Å². The van der Waals surface area contributed by atoms with Crippen molar-refractivity contribution in [3.8, 4) is 0 Å². The number of furan rings is 1. The number of carboxylic acids is 1. The number of pyridine rings is 1. The molecular formula is C15H11ClN2O3. The first-order chi connectivity index (χ1) is 10.1. The van der Waals surface area contributed by atoms with Crippen LogP contribution < -0.4 is 5.32 Å². The molecule has 5 nitrogen and oxygen atoms in total. The first-order valence-electron chi connectivity index (χ1n) is 6.23. The van der Waals surface area contributed by atoms with Crippen LogP contribution in [0.1, 0.15) is 16.3 Å². The van der Waals surface area contributed by atoms with E-state index in [9.17, 15) is 4.79 Å². The number of halogens is 1. The maximum Gasteiger partial charge on any atom is 0.371 e. The molecule has 3 rings (SSSR count). The summed E-state index contributed by atoms with van der Waals surface area (Å²) in [5, 5.41) is 13.5.